The summed E-state index contributed by atoms with van der Waals surface area (Å²) in [4.78, 5) is 7.47. The maximum Gasteiger partial charge on any atom is 0.188 e. The van der Waals surface area contributed by atoms with Crippen molar-refractivity contribution in [1.29, 1.82) is 0 Å². The van der Waals surface area contributed by atoms with E-state index in [1.165, 1.54) is 16.5 Å². The highest BCUT2D eigenvalue weighted by Gasteiger charge is 2.02. The number of hydrogen-bond donors (Lipinski definition) is 3. The maximum absolute atomic E-state index is 5.74. The van der Waals surface area contributed by atoms with Gasteiger partial charge in [-0.2, -0.15) is 0 Å². The van der Waals surface area contributed by atoms with Crippen LogP contribution in [0.5, 0.6) is 0 Å². The lowest BCUT2D eigenvalue weighted by Gasteiger charge is -2.04. The average Bonchev–Trinajstić information content (AvgIpc) is 2.80. The topological polar surface area (TPSA) is 66.2 Å². The molecule has 0 spiro atoms. The van der Waals surface area contributed by atoms with Crippen molar-refractivity contribution in [3.8, 4) is 0 Å². The number of aromatic nitrogens is 1. The molecule has 0 radical (unpaired) electrons. The number of guanidine groups is 1. The van der Waals surface area contributed by atoms with Gasteiger partial charge in [-0.15, -0.1) is 24.0 Å². The van der Waals surface area contributed by atoms with Crippen LogP contribution in [0.15, 0.2) is 35.5 Å². The number of aromatic amines is 1. The van der Waals surface area contributed by atoms with Crippen molar-refractivity contribution < 1.29 is 0 Å². The number of hydrogen-bond acceptors (Lipinski definition) is 1. The maximum atomic E-state index is 5.74. The van der Waals surface area contributed by atoms with Gasteiger partial charge in [0.15, 0.2) is 5.96 Å². The molecule has 0 saturated carbocycles. The summed E-state index contributed by atoms with van der Waals surface area (Å²) in [5.41, 5.74) is 8.23. The third kappa shape index (κ3) is 4.41. The zero-order chi connectivity index (χ0) is 12.8. The number of nitrogens with zero attached hydrogens (tertiary/aromatic N) is 1. The monoisotopic (exact) mass is 372 g/mol. The molecule has 0 fully saturated rings. The normalized spacial score (nSPS) is 11.3. The van der Waals surface area contributed by atoms with Gasteiger partial charge in [0, 0.05) is 30.2 Å². The molecular weight excluding hydrogens is 351 g/mol. The molecule has 1 heterocycles. The summed E-state index contributed by atoms with van der Waals surface area (Å²) in [6.45, 7) is 3.68. The van der Waals surface area contributed by atoms with Crippen LogP contribution in [0, 0.1) is 0 Å². The van der Waals surface area contributed by atoms with Crippen LogP contribution < -0.4 is 11.1 Å². The molecule has 19 heavy (non-hydrogen) atoms. The molecular formula is C14H21IN4. The first-order chi connectivity index (χ1) is 8.81. The molecule has 1 aromatic carbocycles. The molecule has 0 atom stereocenters. The number of nitrogens with two attached hydrogens (primary N) is 1. The highest BCUT2D eigenvalue weighted by molar-refractivity contribution is 14.0. The fourth-order valence-electron chi connectivity index (χ4n) is 1.95. The van der Waals surface area contributed by atoms with Crippen LogP contribution in [0.4, 0.5) is 0 Å². The Morgan fingerprint density at radius 2 is 2.16 bits per heavy atom. The molecule has 0 unspecified atom stereocenters. The lowest BCUT2D eigenvalue weighted by molar-refractivity contribution is 0.842. The minimum atomic E-state index is 0. The van der Waals surface area contributed by atoms with Gasteiger partial charge in [-0.1, -0.05) is 25.1 Å². The molecule has 1 aromatic heterocycles. The Hall–Kier alpha value is -1.24. The van der Waals surface area contributed by atoms with E-state index < -0.39 is 0 Å². The van der Waals surface area contributed by atoms with E-state index in [4.69, 9.17) is 5.73 Å². The van der Waals surface area contributed by atoms with Crippen molar-refractivity contribution in [1.82, 2.24) is 10.3 Å². The summed E-state index contributed by atoms with van der Waals surface area (Å²) >= 11 is 0. The van der Waals surface area contributed by atoms with E-state index in [9.17, 15) is 0 Å². The van der Waals surface area contributed by atoms with E-state index in [-0.39, 0.29) is 24.0 Å². The number of rotatable bonds is 5. The largest absolute Gasteiger partial charge is 0.370 e. The van der Waals surface area contributed by atoms with E-state index in [1.54, 1.807) is 0 Å². The van der Waals surface area contributed by atoms with Crippen LogP contribution in [0.25, 0.3) is 10.9 Å². The zero-order valence-electron chi connectivity index (χ0n) is 11.1. The van der Waals surface area contributed by atoms with Gasteiger partial charge < -0.3 is 16.0 Å². The van der Waals surface area contributed by atoms with Crippen molar-refractivity contribution in [2.24, 2.45) is 10.7 Å². The van der Waals surface area contributed by atoms with Gasteiger partial charge >= 0.3 is 0 Å². The second-order valence-electron chi connectivity index (χ2n) is 4.30. The molecule has 2 aromatic rings. The van der Waals surface area contributed by atoms with E-state index in [0.717, 1.165) is 25.9 Å². The quantitative estimate of drug-likeness (QED) is 0.429. The van der Waals surface area contributed by atoms with Gasteiger partial charge in [0.1, 0.15) is 0 Å². The molecule has 4 N–H and O–H groups in total. The Balaban J connectivity index is 0.00000180. The fraction of sp³-hybridized carbons (Fsp3) is 0.357. The average molecular weight is 372 g/mol. The first-order valence-corrected chi connectivity index (χ1v) is 6.40. The summed E-state index contributed by atoms with van der Waals surface area (Å²) in [6, 6.07) is 8.32. The van der Waals surface area contributed by atoms with Crippen molar-refractivity contribution >= 4 is 40.8 Å². The Morgan fingerprint density at radius 1 is 1.37 bits per heavy atom. The molecule has 2 rings (SSSR count). The molecule has 104 valence electrons. The number of halogens is 1. The molecule has 0 aliphatic rings. The SMILES string of the molecule is CCCN=C(N)NCCc1c[nH]c2ccccc12.I. The summed E-state index contributed by atoms with van der Waals surface area (Å²) in [5, 5.41) is 4.42. The smallest absolute Gasteiger partial charge is 0.188 e. The minimum absolute atomic E-state index is 0. The van der Waals surface area contributed by atoms with E-state index in [2.05, 4.69) is 46.6 Å². The molecule has 0 saturated heterocycles. The van der Waals surface area contributed by atoms with Crippen molar-refractivity contribution in [2.45, 2.75) is 19.8 Å². The summed E-state index contributed by atoms with van der Waals surface area (Å²) < 4.78 is 0. The lowest BCUT2D eigenvalue weighted by atomic mass is 10.1. The van der Waals surface area contributed by atoms with Gasteiger partial charge in [0.25, 0.3) is 0 Å². The molecule has 0 bridgehead atoms. The van der Waals surface area contributed by atoms with Crippen LogP contribution in [-0.2, 0) is 6.42 Å². The van der Waals surface area contributed by atoms with E-state index in [1.807, 2.05) is 6.07 Å². The Kier molecular flexibility index (Phi) is 6.69. The molecule has 5 heteroatoms. The van der Waals surface area contributed by atoms with Crippen LogP contribution >= 0.6 is 24.0 Å². The second-order valence-corrected chi connectivity index (χ2v) is 4.30. The van der Waals surface area contributed by atoms with Crippen LogP contribution in [0.1, 0.15) is 18.9 Å². The molecule has 0 aliphatic carbocycles. The predicted octanol–water partition coefficient (Wildman–Crippen LogP) is 2.64. The number of nitrogens with one attached hydrogen (secondary N) is 2. The predicted molar refractivity (Wildman–Crippen MR) is 92.2 cm³/mol. The molecule has 4 nitrogen and oxygen atoms in total. The number of fused-ring (bicyclic) bond motifs is 1. The van der Waals surface area contributed by atoms with Gasteiger partial charge in [0.2, 0.25) is 0 Å². The van der Waals surface area contributed by atoms with Gasteiger partial charge in [-0.25, -0.2) is 0 Å². The first kappa shape index (κ1) is 15.8. The van der Waals surface area contributed by atoms with Gasteiger partial charge in [-0.05, 0) is 24.5 Å². The molecule has 0 aliphatic heterocycles. The van der Waals surface area contributed by atoms with Crippen LogP contribution in [0.2, 0.25) is 0 Å². The molecule has 0 amide bonds. The minimum Gasteiger partial charge on any atom is -0.370 e. The van der Waals surface area contributed by atoms with E-state index in [0.29, 0.717) is 5.96 Å². The third-order valence-corrected chi connectivity index (χ3v) is 2.88. The van der Waals surface area contributed by atoms with E-state index >= 15 is 0 Å². The number of H-pyrrole nitrogens is 1. The van der Waals surface area contributed by atoms with Crippen molar-refractivity contribution in [2.75, 3.05) is 13.1 Å². The standard InChI is InChI=1S/C14H20N4.HI/c1-2-8-16-14(15)17-9-7-11-10-18-13-6-4-3-5-12(11)13;/h3-6,10,18H,2,7-9H2,1H3,(H3,15,16,17);1H. The number of aliphatic imine (C=N–C) groups is 1. The van der Waals surface area contributed by atoms with Gasteiger partial charge in [0.05, 0.1) is 0 Å². The number of para-hydroxylation sites is 1. The van der Waals surface area contributed by atoms with Crippen LogP contribution in [0.3, 0.4) is 0 Å². The summed E-state index contributed by atoms with van der Waals surface area (Å²) in [5.74, 6) is 0.539. The third-order valence-electron chi connectivity index (χ3n) is 2.88. The Morgan fingerprint density at radius 3 is 2.95 bits per heavy atom. The summed E-state index contributed by atoms with van der Waals surface area (Å²) in [6.07, 6.45) is 4.02. The highest BCUT2D eigenvalue weighted by Crippen LogP contribution is 2.17. The fourth-order valence-corrected chi connectivity index (χ4v) is 1.95. The summed E-state index contributed by atoms with van der Waals surface area (Å²) in [7, 11) is 0. The second kappa shape index (κ2) is 8.04. The Bertz CT molecular complexity index is 533. The van der Waals surface area contributed by atoms with Crippen molar-refractivity contribution in [3.05, 3.63) is 36.0 Å². The lowest BCUT2D eigenvalue weighted by Crippen LogP contribution is -2.33. The number of benzene rings is 1. The van der Waals surface area contributed by atoms with Crippen molar-refractivity contribution in [3.63, 3.8) is 0 Å². The Labute approximate surface area is 130 Å². The first-order valence-electron chi connectivity index (χ1n) is 6.40. The van der Waals surface area contributed by atoms with Crippen LogP contribution in [-0.4, -0.2) is 24.0 Å². The van der Waals surface area contributed by atoms with Gasteiger partial charge in [-0.3, -0.25) is 4.99 Å². The zero-order valence-corrected chi connectivity index (χ0v) is 13.5. The highest BCUT2D eigenvalue weighted by atomic mass is 127.